The molecule has 2 amide bonds. The lowest BCUT2D eigenvalue weighted by Gasteiger charge is -2.13. The van der Waals surface area contributed by atoms with E-state index in [-0.39, 0.29) is 11.6 Å². The van der Waals surface area contributed by atoms with E-state index in [2.05, 4.69) is 15.6 Å². The van der Waals surface area contributed by atoms with Crippen molar-refractivity contribution in [3.63, 3.8) is 0 Å². The number of anilines is 1. The highest BCUT2D eigenvalue weighted by Crippen LogP contribution is 2.32. The lowest BCUT2D eigenvalue weighted by atomic mass is 9.95. The van der Waals surface area contributed by atoms with Gasteiger partial charge in [0.15, 0.2) is 0 Å². The van der Waals surface area contributed by atoms with Gasteiger partial charge in [-0.25, -0.2) is 14.6 Å². The fourth-order valence-electron chi connectivity index (χ4n) is 2.91. The quantitative estimate of drug-likeness (QED) is 0.554. The van der Waals surface area contributed by atoms with Gasteiger partial charge in [-0.15, -0.1) is 0 Å². The van der Waals surface area contributed by atoms with Crippen LogP contribution in [-0.2, 0) is 6.54 Å². The van der Waals surface area contributed by atoms with Crippen molar-refractivity contribution in [1.82, 2.24) is 10.3 Å². The molecule has 0 aliphatic heterocycles. The molecule has 1 aromatic heterocycles. The summed E-state index contributed by atoms with van der Waals surface area (Å²) in [6.45, 7) is 2.71. The molecule has 7 nitrogen and oxygen atoms in total. The van der Waals surface area contributed by atoms with Gasteiger partial charge in [0.25, 0.3) is 0 Å². The van der Waals surface area contributed by atoms with E-state index in [0.717, 1.165) is 27.5 Å². The first-order valence-electron chi connectivity index (χ1n) is 8.53. The van der Waals surface area contributed by atoms with E-state index in [4.69, 9.17) is 10.8 Å². The van der Waals surface area contributed by atoms with Crippen LogP contribution in [0.2, 0.25) is 0 Å². The van der Waals surface area contributed by atoms with Gasteiger partial charge < -0.3 is 16.2 Å². The molecule has 3 rings (SSSR count). The lowest BCUT2D eigenvalue weighted by Crippen LogP contribution is -2.28. The number of aromatic nitrogens is 1. The van der Waals surface area contributed by atoms with Gasteiger partial charge in [0.1, 0.15) is 5.82 Å². The number of aromatic carboxylic acids is 1. The lowest BCUT2D eigenvalue weighted by molar-refractivity contribution is 0.0697. The molecule has 5 N–H and O–H groups in total. The fraction of sp³-hybridized carbons (Fsp3) is 0.150. The first-order chi connectivity index (χ1) is 13.0. The van der Waals surface area contributed by atoms with E-state index >= 15 is 0 Å². The van der Waals surface area contributed by atoms with Crippen molar-refractivity contribution in [2.24, 2.45) is 5.73 Å². The number of urea groups is 1. The molecular formula is C20H20N4O3. The topological polar surface area (TPSA) is 117 Å². The number of carbonyl (C=O) groups is 2. The van der Waals surface area contributed by atoms with Gasteiger partial charge >= 0.3 is 12.0 Å². The van der Waals surface area contributed by atoms with Crippen LogP contribution in [0.4, 0.5) is 10.6 Å². The standard InChI is InChI=1S/C20H20N4O3/c1-2-22-20(27)24-18-9-16-15(8-7-14(10-21)17(16)11-23-18)12-3-5-13(6-4-12)19(25)26/h3-9,11H,2,10,21H2,1H3,(H,25,26)(H2,22,23,24,27). The van der Waals surface area contributed by atoms with Gasteiger partial charge in [0.2, 0.25) is 0 Å². The third-order valence-corrected chi connectivity index (χ3v) is 4.23. The van der Waals surface area contributed by atoms with Crippen LogP contribution in [0.5, 0.6) is 0 Å². The van der Waals surface area contributed by atoms with Crippen LogP contribution in [0, 0.1) is 0 Å². The number of carboxylic acids is 1. The Labute approximate surface area is 156 Å². The summed E-state index contributed by atoms with van der Waals surface area (Å²) < 4.78 is 0. The number of amides is 2. The molecule has 0 unspecified atom stereocenters. The fourth-order valence-corrected chi connectivity index (χ4v) is 2.91. The number of benzene rings is 2. The molecule has 138 valence electrons. The molecular weight excluding hydrogens is 344 g/mol. The number of pyridine rings is 1. The Balaban J connectivity index is 2.10. The zero-order valence-electron chi connectivity index (χ0n) is 14.8. The average Bonchev–Trinajstić information content (AvgIpc) is 2.67. The van der Waals surface area contributed by atoms with Crippen molar-refractivity contribution in [2.45, 2.75) is 13.5 Å². The van der Waals surface area contributed by atoms with E-state index in [1.807, 2.05) is 19.1 Å². The average molecular weight is 364 g/mol. The van der Waals surface area contributed by atoms with Crippen LogP contribution < -0.4 is 16.4 Å². The summed E-state index contributed by atoms with van der Waals surface area (Å²) in [7, 11) is 0. The van der Waals surface area contributed by atoms with Crippen molar-refractivity contribution in [2.75, 3.05) is 11.9 Å². The molecule has 2 aromatic carbocycles. The number of nitrogens with two attached hydrogens (primary N) is 1. The minimum atomic E-state index is -0.970. The van der Waals surface area contributed by atoms with E-state index in [1.54, 1.807) is 36.5 Å². The zero-order valence-corrected chi connectivity index (χ0v) is 14.8. The van der Waals surface area contributed by atoms with Gasteiger partial charge in [-0.1, -0.05) is 24.3 Å². The summed E-state index contributed by atoms with van der Waals surface area (Å²) in [6.07, 6.45) is 1.69. The first-order valence-corrected chi connectivity index (χ1v) is 8.53. The number of nitrogens with zero attached hydrogens (tertiary/aromatic N) is 1. The second kappa shape index (κ2) is 7.84. The second-order valence-electron chi connectivity index (χ2n) is 5.96. The summed E-state index contributed by atoms with van der Waals surface area (Å²) in [5.41, 5.74) is 8.77. The number of hydrogen-bond acceptors (Lipinski definition) is 4. The number of hydrogen-bond donors (Lipinski definition) is 4. The number of fused-ring (bicyclic) bond motifs is 1. The van der Waals surface area contributed by atoms with Crippen molar-refractivity contribution in [3.8, 4) is 11.1 Å². The Morgan fingerprint density at radius 2 is 1.85 bits per heavy atom. The van der Waals surface area contributed by atoms with Crippen molar-refractivity contribution in [3.05, 3.63) is 59.8 Å². The molecule has 0 atom stereocenters. The number of rotatable bonds is 5. The highest BCUT2D eigenvalue weighted by atomic mass is 16.4. The normalized spacial score (nSPS) is 10.6. The van der Waals surface area contributed by atoms with Crippen LogP contribution in [0.1, 0.15) is 22.8 Å². The van der Waals surface area contributed by atoms with Crippen LogP contribution in [0.15, 0.2) is 48.7 Å². The van der Waals surface area contributed by atoms with Crippen LogP contribution in [0.3, 0.4) is 0 Å². The Kier molecular flexibility index (Phi) is 5.33. The molecule has 0 radical (unpaired) electrons. The van der Waals surface area contributed by atoms with Gasteiger partial charge in [-0.05, 0) is 47.2 Å². The maximum absolute atomic E-state index is 11.8. The molecule has 0 spiro atoms. The predicted molar refractivity (Wildman–Crippen MR) is 105 cm³/mol. The molecule has 1 heterocycles. The Hall–Kier alpha value is -3.45. The SMILES string of the molecule is CCNC(=O)Nc1cc2c(-c3ccc(C(=O)O)cc3)ccc(CN)c2cn1. The zero-order chi connectivity index (χ0) is 19.4. The van der Waals surface area contributed by atoms with E-state index in [1.165, 1.54) is 0 Å². The summed E-state index contributed by atoms with van der Waals surface area (Å²) in [6, 6.07) is 12.0. The van der Waals surface area contributed by atoms with Crippen molar-refractivity contribution >= 4 is 28.6 Å². The monoisotopic (exact) mass is 364 g/mol. The van der Waals surface area contributed by atoms with Gasteiger partial charge in [0, 0.05) is 24.7 Å². The minimum Gasteiger partial charge on any atom is -0.478 e. The third kappa shape index (κ3) is 3.88. The Morgan fingerprint density at radius 1 is 1.11 bits per heavy atom. The van der Waals surface area contributed by atoms with Gasteiger partial charge in [-0.3, -0.25) is 5.32 Å². The van der Waals surface area contributed by atoms with Crippen LogP contribution in [-0.4, -0.2) is 28.6 Å². The maximum Gasteiger partial charge on any atom is 0.335 e. The smallest absolute Gasteiger partial charge is 0.335 e. The molecule has 0 fully saturated rings. The molecule has 0 aliphatic carbocycles. The summed E-state index contributed by atoms with van der Waals surface area (Å²) in [5.74, 6) is -0.548. The number of nitrogens with one attached hydrogen (secondary N) is 2. The summed E-state index contributed by atoms with van der Waals surface area (Å²) >= 11 is 0. The van der Waals surface area contributed by atoms with E-state index in [9.17, 15) is 9.59 Å². The van der Waals surface area contributed by atoms with Crippen molar-refractivity contribution < 1.29 is 14.7 Å². The largest absolute Gasteiger partial charge is 0.478 e. The second-order valence-corrected chi connectivity index (χ2v) is 5.96. The summed E-state index contributed by atoms with van der Waals surface area (Å²) in [4.78, 5) is 27.2. The first kappa shape index (κ1) is 18.3. The molecule has 7 heteroatoms. The van der Waals surface area contributed by atoms with Crippen LogP contribution in [0.25, 0.3) is 21.9 Å². The summed E-state index contributed by atoms with van der Waals surface area (Å²) in [5, 5.41) is 16.2. The molecule has 27 heavy (non-hydrogen) atoms. The van der Waals surface area contributed by atoms with E-state index < -0.39 is 5.97 Å². The number of carboxylic acid groups (broad SMARTS) is 1. The Bertz CT molecular complexity index is 1000. The molecule has 0 saturated heterocycles. The molecule has 0 aliphatic rings. The van der Waals surface area contributed by atoms with Gasteiger partial charge in [0.05, 0.1) is 5.56 Å². The Morgan fingerprint density at radius 3 is 2.48 bits per heavy atom. The van der Waals surface area contributed by atoms with E-state index in [0.29, 0.717) is 18.9 Å². The molecule has 0 saturated carbocycles. The highest BCUT2D eigenvalue weighted by molar-refractivity contribution is 6.01. The predicted octanol–water partition coefficient (Wildman–Crippen LogP) is 3.20. The van der Waals surface area contributed by atoms with Crippen molar-refractivity contribution in [1.29, 1.82) is 0 Å². The highest BCUT2D eigenvalue weighted by Gasteiger charge is 2.11. The van der Waals surface area contributed by atoms with Gasteiger partial charge in [-0.2, -0.15) is 0 Å². The molecule has 3 aromatic rings. The van der Waals surface area contributed by atoms with Crippen LogP contribution >= 0.6 is 0 Å². The third-order valence-electron chi connectivity index (χ3n) is 4.23. The molecule has 0 bridgehead atoms. The maximum atomic E-state index is 11.8. The minimum absolute atomic E-state index is 0.224. The number of carbonyl (C=O) groups excluding carboxylic acids is 1.